The number of carbonyl (C=O) groups is 1. The van der Waals surface area contributed by atoms with Crippen molar-refractivity contribution < 1.29 is 23.8 Å². The molecule has 1 saturated heterocycles. The first kappa shape index (κ1) is 26.5. The van der Waals surface area contributed by atoms with Crippen molar-refractivity contribution >= 4 is 34.9 Å². The number of hydrogen-bond donors (Lipinski definition) is 2. The number of carbonyl (C=O) groups excluding carboxylic acids is 1. The average Bonchev–Trinajstić information content (AvgIpc) is 2.92. The number of amides is 1. The molecule has 10 heteroatoms. The van der Waals surface area contributed by atoms with E-state index in [0.717, 1.165) is 48.1 Å². The van der Waals surface area contributed by atoms with Gasteiger partial charge in [0, 0.05) is 48.3 Å². The minimum atomic E-state index is -0.669. The van der Waals surface area contributed by atoms with Crippen LogP contribution in [0.25, 0.3) is 11.1 Å². The van der Waals surface area contributed by atoms with Gasteiger partial charge in [0.05, 0.1) is 5.02 Å². The lowest BCUT2D eigenvalue weighted by molar-refractivity contribution is -0.138. The predicted octanol–water partition coefficient (Wildman–Crippen LogP) is 5.60. The van der Waals surface area contributed by atoms with E-state index in [0.29, 0.717) is 29.4 Å². The van der Waals surface area contributed by atoms with Gasteiger partial charge in [0.2, 0.25) is 5.91 Å². The van der Waals surface area contributed by atoms with E-state index >= 15 is 0 Å². The molecule has 1 fully saturated rings. The van der Waals surface area contributed by atoms with Crippen LogP contribution in [0.2, 0.25) is 10.0 Å². The monoisotopic (exact) mass is 559 g/mol. The summed E-state index contributed by atoms with van der Waals surface area (Å²) in [4.78, 5) is 17.8. The zero-order valence-electron chi connectivity index (χ0n) is 20.8. The first-order valence-electron chi connectivity index (χ1n) is 12.5. The smallest absolute Gasteiger partial charge is 0.248 e. The fraction of sp³-hybridized carbons (Fsp3) is 0.357. The number of nitrogens with two attached hydrogens (primary N) is 1. The number of hydrogen-bond acceptors (Lipinski definition) is 6. The first-order valence-corrected chi connectivity index (χ1v) is 13.2. The van der Waals surface area contributed by atoms with E-state index < -0.39 is 18.5 Å². The zero-order chi connectivity index (χ0) is 27.0. The van der Waals surface area contributed by atoms with Crippen molar-refractivity contribution in [3.05, 3.63) is 69.6 Å². The standard InChI is InChI=1S/C28H28Cl2FN3O4/c1-16(25-20(29)3-4-21(31)26(25)30)37-23-13-19(14-33-27(23)32)17-2-5-22-18(12-17)6-7-28(38-22)8-10-34(11-9-28)24(36)15-35/h2-5,12-14,16,35H,6-11,15H2,1H3,(H2,32,33)/t16-/m1/s1. The second kappa shape index (κ2) is 10.6. The number of ether oxygens (including phenoxy) is 2. The second-order valence-corrected chi connectivity index (χ2v) is 10.6. The van der Waals surface area contributed by atoms with E-state index in [9.17, 15) is 9.18 Å². The Morgan fingerprint density at radius 3 is 2.71 bits per heavy atom. The zero-order valence-corrected chi connectivity index (χ0v) is 22.4. The van der Waals surface area contributed by atoms with Gasteiger partial charge in [0.15, 0.2) is 11.6 Å². The van der Waals surface area contributed by atoms with Crippen LogP contribution in [-0.4, -0.2) is 46.2 Å². The summed E-state index contributed by atoms with van der Waals surface area (Å²) in [6, 6.07) is 10.4. The molecule has 38 heavy (non-hydrogen) atoms. The molecule has 0 aliphatic carbocycles. The van der Waals surface area contributed by atoms with Gasteiger partial charge in [-0.25, -0.2) is 9.37 Å². The van der Waals surface area contributed by atoms with Crippen molar-refractivity contribution in [2.45, 2.75) is 44.3 Å². The lowest BCUT2D eigenvalue weighted by Gasteiger charge is -2.44. The number of aryl methyl sites for hydroxylation is 1. The topological polar surface area (TPSA) is 97.9 Å². The third kappa shape index (κ3) is 5.13. The fourth-order valence-corrected chi connectivity index (χ4v) is 5.87. The number of aromatic nitrogens is 1. The maximum Gasteiger partial charge on any atom is 0.248 e. The molecule has 1 aromatic heterocycles. The van der Waals surface area contributed by atoms with E-state index in [1.807, 2.05) is 12.1 Å². The van der Waals surface area contributed by atoms with Gasteiger partial charge in [0.25, 0.3) is 0 Å². The molecule has 3 N–H and O–H groups in total. The summed E-state index contributed by atoms with van der Waals surface area (Å²) in [5.74, 6) is 0.550. The Balaban J connectivity index is 1.34. The van der Waals surface area contributed by atoms with Crippen LogP contribution >= 0.6 is 23.2 Å². The quantitative estimate of drug-likeness (QED) is 0.395. The largest absolute Gasteiger partial charge is 0.487 e. The number of piperidine rings is 1. The molecule has 7 nitrogen and oxygen atoms in total. The molecule has 0 saturated carbocycles. The van der Waals surface area contributed by atoms with E-state index in [-0.39, 0.29) is 22.3 Å². The minimum Gasteiger partial charge on any atom is -0.487 e. The number of nitrogens with zero attached hydrogens (tertiary/aromatic N) is 2. The number of benzene rings is 2. The summed E-state index contributed by atoms with van der Waals surface area (Å²) in [5.41, 5.74) is 8.96. The molecule has 2 aliphatic rings. The van der Waals surface area contributed by atoms with Crippen LogP contribution < -0.4 is 15.2 Å². The van der Waals surface area contributed by atoms with Gasteiger partial charge in [0.1, 0.15) is 29.9 Å². The van der Waals surface area contributed by atoms with E-state index in [2.05, 4.69) is 11.1 Å². The molecule has 1 atom stereocenters. The number of rotatable bonds is 5. The number of fused-ring (bicyclic) bond motifs is 1. The molecule has 200 valence electrons. The van der Waals surface area contributed by atoms with Gasteiger partial charge in [-0.1, -0.05) is 29.3 Å². The molecular weight excluding hydrogens is 532 g/mol. The van der Waals surface area contributed by atoms with Crippen LogP contribution in [0.15, 0.2) is 42.6 Å². The molecular formula is C28H28Cl2FN3O4. The minimum absolute atomic E-state index is 0.0918. The Labute approximate surface area is 230 Å². The van der Waals surface area contributed by atoms with Crippen LogP contribution in [0, 0.1) is 5.82 Å². The maximum atomic E-state index is 14.0. The lowest BCUT2D eigenvalue weighted by atomic mass is 9.82. The SMILES string of the molecule is C[C@@H](Oc1cc(-c2ccc3c(c2)CCC2(CCN(C(=O)CO)CC2)O3)cnc1N)c1c(Cl)ccc(F)c1Cl. The van der Waals surface area contributed by atoms with Gasteiger partial charge in [-0.2, -0.15) is 0 Å². The van der Waals surface area contributed by atoms with Crippen molar-refractivity contribution in [2.75, 3.05) is 25.4 Å². The first-order chi connectivity index (χ1) is 18.2. The Bertz CT molecular complexity index is 1380. The summed E-state index contributed by atoms with van der Waals surface area (Å²) in [6.07, 6.45) is 4.18. The summed E-state index contributed by atoms with van der Waals surface area (Å²) >= 11 is 12.4. The number of pyridine rings is 1. The van der Waals surface area contributed by atoms with E-state index in [4.69, 9.17) is 43.5 Å². The number of halogens is 3. The molecule has 0 bridgehead atoms. The highest BCUT2D eigenvalue weighted by Gasteiger charge is 2.40. The highest BCUT2D eigenvalue weighted by atomic mass is 35.5. The third-order valence-corrected chi connectivity index (χ3v) is 8.12. The van der Waals surface area contributed by atoms with Gasteiger partial charge < -0.3 is 25.2 Å². The molecule has 2 aliphatic heterocycles. The van der Waals surface area contributed by atoms with Crippen molar-refractivity contribution in [3.8, 4) is 22.6 Å². The van der Waals surface area contributed by atoms with Crippen molar-refractivity contribution in [1.29, 1.82) is 0 Å². The van der Waals surface area contributed by atoms with Crippen LogP contribution in [0.1, 0.15) is 43.4 Å². The Kier molecular flexibility index (Phi) is 7.40. The second-order valence-electron chi connectivity index (χ2n) is 9.77. The Morgan fingerprint density at radius 1 is 1.21 bits per heavy atom. The Morgan fingerprint density at radius 2 is 1.97 bits per heavy atom. The maximum absolute atomic E-state index is 14.0. The fourth-order valence-electron chi connectivity index (χ4n) is 5.19. The van der Waals surface area contributed by atoms with E-state index in [1.54, 1.807) is 24.1 Å². The lowest BCUT2D eigenvalue weighted by Crippen LogP contribution is -2.51. The third-order valence-electron chi connectivity index (χ3n) is 7.40. The summed E-state index contributed by atoms with van der Waals surface area (Å²) in [6.45, 7) is 2.42. The van der Waals surface area contributed by atoms with Crippen LogP contribution in [-0.2, 0) is 11.2 Å². The van der Waals surface area contributed by atoms with Gasteiger partial charge in [-0.05, 0) is 61.2 Å². The van der Waals surface area contributed by atoms with Crippen LogP contribution in [0.4, 0.5) is 10.2 Å². The number of aliphatic hydroxyl groups excluding tert-OH is 1. The average molecular weight is 560 g/mol. The summed E-state index contributed by atoms with van der Waals surface area (Å²) in [7, 11) is 0. The van der Waals surface area contributed by atoms with Gasteiger partial charge in [-0.3, -0.25) is 4.79 Å². The highest BCUT2D eigenvalue weighted by molar-refractivity contribution is 6.36. The Hall–Kier alpha value is -3.07. The molecule has 3 heterocycles. The van der Waals surface area contributed by atoms with Crippen molar-refractivity contribution in [2.24, 2.45) is 0 Å². The molecule has 0 radical (unpaired) electrons. The molecule has 2 aromatic carbocycles. The predicted molar refractivity (Wildman–Crippen MR) is 144 cm³/mol. The summed E-state index contributed by atoms with van der Waals surface area (Å²) in [5, 5.41) is 9.34. The highest BCUT2D eigenvalue weighted by Crippen LogP contribution is 2.42. The molecule has 5 rings (SSSR count). The number of nitrogen functional groups attached to an aromatic ring is 1. The molecule has 3 aromatic rings. The molecule has 1 amide bonds. The normalized spacial score (nSPS) is 17.0. The van der Waals surface area contributed by atoms with Gasteiger partial charge >= 0.3 is 0 Å². The number of anilines is 1. The molecule has 1 spiro atoms. The van der Waals surface area contributed by atoms with E-state index in [1.165, 1.54) is 12.1 Å². The van der Waals surface area contributed by atoms with Crippen molar-refractivity contribution in [3.63, 3.8) is 0 Å². The van der Waals surface area contributed by atoms with Gasteiger partial charge in [-0.15, -0.1) is 0 Å². The molecule has 0 unspecified atom stereocenters. The van der Waals surface area contributed by atoms with Crippen LogP contribution in [0.3, 0.4) is 0 Å². The van der Waals surface area contributed by atoms with Crippen LogP contribution in [0.5, 0.6) is 11.5 Å². The number of aliphatic hydroxyl groups is 1. The van der Waals surface area contributed by atoms with Crippen molar-refractivity contribution in [1.82, 2.24) is 9.88 Å². The number of likely N-dealkylation sites (tertiary alicyclic amines) is 1. The summed E-state index contributed by atoms with van der Waals surface area (Å²) < 4.78 is 26.5.